The lowest BCUT2D eigenvalue weighted by atomic mass is 10.1. The van der Waals surface area contributed by atoms with Crippen LogP contribution in [0.15, 0.2) is 24.3 Å². The molecule has 0 aromatic heterocycles. The van der Waals surface area contributed by atoms with E-state index >= 15 is 0 Å². The molecular formula is C12H16FNO2S. The molecule has 0 spiro atoms. The predicted octanol–water partition coefficient (Wildman–Crippen LogP) is 1.82. The first-order chi connectivity index (χ1) is 8.16. The molecule has 1 aromatic rings. The minimum Gasteiger partial charge on any atom is -0.307 e. The van der Waals surface area contributed by atoms with E-state index in [9.17, 15) is 8.60 Å². The fraction of sp³-hybridized carbons (Fsp3) is 0.500. The second kappa shape index (κ2) is 5.71. The van der Waals surface area contributed by atoms with Crippen molar-refractivity contribution in [1.82, 2.24) is 5.32 Å². The first-order valence-corrected chi connectivity index (χ1v) is 6.97. The first-order valence-electron chi connectivity index (χ1n) is 5.69. The van der Waals surface area contributed by atoms with Crippen molar-refractivity contribution in [1.29, 1.82) is 0 Å². The fourth-order valence-electron chi connectivity index (χ4n) is 2.25. The molecule has 1 aliphatic rings. The molecule has 2 N–H and O–H groups in total. The average Bonchev–Trinajstić information content (AvgIpc) is 2.69. The third-order valence-electron chi connectivity index (χ3n) is 3.04. The molecule has 5 heteroatoms. The van der Waals surface area contributed by atoms with E-state index in [0.29, 0.717) is 0 Å². The minimum atomic E-state index is -2.06. The summed E-state index contributed by atoms with van der Waals surface area (Å²) >= 11 is -2.06. The third kappa shape index (κ3) is 3.34. The highest BCUT2D eigenvalue weighted by molar-refractivity contribution is 7.79. The van der Waals surface area contributed by atoms with Crippen molar-refractivity contribution >= 4 is 11.1 Å². The lowest BCUT2D eigenvalue weighted by molar-refractivity contribution is 0.329. The van der Waals surface area contributed by atoms with Gasteiger partial charge in [-0.2, -0.15) is 0 Å². The van der Waals surface area contributed by atoms with E-state index in [-0.39, 0.29) is 18.3 Å². The predicted molar refractivity (Wildman–Crippen MR) is 66.0 cm³/mol. The number of benzene rings is 1. The van der Waals surface area contributed by atoms with Gasteiger partial charge in [-0.15, -0.1) is 0 Å². The zero-order chi connectivity index (χ0) is 12.3. The molecule has 0 saturated carbocycles. The maximum Gasteiger partial charge on any atom is 0.155 e. The van der Waals surface area contributed by atoms with Gasteiger partial charge in [0, 0.05) is 12.6 Å². The molecule has 3 nitrogen and oxygen atoms in total. The largest absolute Gasteiger partial charge is 0.307 e. The third-order valence-corrected chi connectivity index (χ3v) is 3.69. The Bertz CT molecular complexity index is 413. The lowest BCUT2D eigenvalue weighted by Crippen LogP contribution is -2.30. The molecule has 2 unspecified atom stereocenters. The van der Waals surface area contributed by atoms with Gasteiger partial charge in [-0.05, 0) is 24.0 Å². The second-order valence-corrected chi connectivity index (χ2v) is 5.26. The van der Waals surface area contributed by atoms with Crippen LogP contribution in [0.1, 0.15) is 23.6 Å². The van der Waals surface area contributed by atoms with Crippen LogP contribution >= 0.6 is 0 Å². The summed E-state index contributed by atoms with van der Waals surface area (Å²) in [6.45, 7) is 0.130. The van der Waals surface area contributed by atoms with Gasteiger partial charge in [0.05, 0.1) is 5.75 Å². The van der Waals surface area contributed by atoms with Crippen LogP contribution in [0.2, 0.25) is 0 Å². The highest BCUT2D eigenvalue weighted by atomic mass is 32.2. The van der Waals surface area contributed by atoms with Gasteiger partial charge < -0.3 is 9.87 Å². The number of halogens is 1. The number of fused-ring (bicyclic) bond motifs is 1. The number of hydrogen-bond acceptors (Lipinski definition) is 2. The first kappa shape index (κ1) is 12.7. The van der Waals surface area contributed by atoms with Crippen molar-refractivity contribution in [2.75, 3.05) is 12.3 Å². The van der Waals surface area contributed by atoms with E-state index in [0.717, 1.165) is 12.8 Å². The smallest absolute Gasteiger partial charge is 0.155 e. The van der Waals surface area contributed by atoms with E-state index in [1.165, 1.54) is 11.1 Å². The topological polar surface area (TPSA) is 49.3 Å². The van der Waals surface area contributed by atoms with Gasteiger partial charge in [-0.25, -0.2) is 8.60 Å². The molecule has 17 heavy (non-hydrogen) atoms. The zero-order valence-electron chi connectivity index (χ0n) is 9.43. The van der Waals surface area contributed by atoms with Gasteiger partial charge in [-0.1, -0.05) is 24.3 Å². The molecular weight excluding hydrogens is 241 g/mol. The SMILES string of the molecule is O=S(O)C[C@@H](F)CNC1CCc2ccccc21. The monoisotopic (exact) mass is 257 g/mol. The molecule has 2 rings (SSSR count). The van der Waals surface area contributed by atoms with Crippen molar-refractivity contribution in [2.24, 2.45) is 0 Å². The summed E-state index contributed by atoms with van der Waals surface area (Å²) in [7, 11) is 0. The standard InChI is InChI=1S/C12H16FNO2S/c13-10(8-17(15)16)7-14-12-6-5-9-3-1-2-4-11(9)12/h1-4,10,12,14H,5-8H2,(H,15,16)/t10-,12?/m0/s1. The molecule has 0 bridgehead atoms. The second-order valence-electron chi connectivity index (χ2n) is 4.28. The highest BCUT2D eigenvalue weighted by Crippen LogP contribution is 2.30. The summed E-state index contributed by atoms with van der Waals surface area (Å²) in [5.41, 5.74) is 2.54. The van der Waals surface area contributed by atoms with Gasteiger partial charge in [0.1, 0.15) is 6.17 Å². The molecule has 0 heterocycles. The van der Waals surface area contributed by atoms with Crippen molar-refractivity contribution in [2.45, 2.75) is 25.1 Å². The normalized spacial score (nSPS) is 22.1. The Morgan fingerprint density at radius 2 is 2.29 bits per heavy atom. The maximum atomic E-state index is 13.3. The molecule has 0 aliphatic heterocycles. The van der Waals surface area contributed by atoms with Crippen LogP contribution in [0.25, 0.3) is 0 Å². The van der Waals surface area contributed by atoms with Gasteiger partial charge in [0.25, 0.3) is 0 Å². The summed E-state index contributed by atoms with van der Waals surface area (Å²) in [5, 5.41) is 3.12. The molecule has 3 atom stereocenters. The van der Waals surface area contributed by atoms with Crippen LogP contribution in [-0.4, -0.2) is 27.2 Å². The number of aryl methyl sites for hydroxylation is 1. The van der Waals surface area contributed by atoms with Gasteiger partial charge in [0.2, 0.25) is 0 Å². The Morgan fingerprint density at radius 1 is 1.53 bits per heavy atom. The van der Waals surface area contributed by atoms with E-state index in [1.807, 2.05) is 12.1 Å². The number of nitrogens with one attached hydrogen (secondary N) is 1. The Morgan fingerprint density at radius 3 is 3.06 bits per heavy atom. The van der Waals surface area contributed by atoms with Gasteiger partial charge in [0.15, 0.2) is 11.1 Å². The highest BCUT2D eigenvalue weighted by Gasteiger charge is 2.22. The summed E-state index contributed by atoms with van der Waals surface area (Å²) in [5.74, 6) is -0.318. The molecule has 0 fully saturated rings. The average molecular weight is 257 g/mol. The Kier molecular flexibility index (Phi) is 4.25. The fourth-order valence-corrected chi connectivity index (χ4v) is 2.68. The molecule has 94 valence electrons. The molecule has 0 radical (unpaired) electrons. The quantitative estimate of drug-likeness (QED) is 0.791. The summed E-state index contributed by atoms with van der Waals surface area (Å²) in [4.78, 5) is 0. The van der Waals surface area contributed by atoms with Gasteiger partial charge >= 0.3 is 0 Å². The summed E-state index contributed by atoms with van der Waals surface area (Å²) in [6.07, 6.45) is 0.707. The van der Waals surface area contributed by atoms with Crippen LogP contribution in [0.4, 0.5) is 4.39 Å². The van der Waals surface area contributed by atoms with Crippen LogP contribution in [0, 0.1) is 0 Å². The van der Waals surface area contributed by atoms with Crippen molar-refractivity contribution in [3.63, 3.8) is 0 Å². The Hall–Kier alpha value is -0.780. The minimum absolute atomic E-state index is 0.130. The van der Waals surface area contributed by atoms with Crippen LogP contribution in [0.3, 0.4) is 0 Å². The number of rotatable bonds is 5. The lowest BCUT2D eigenvalue weighted by Gasteiger charge is -2.15. The Balaban J connectivity index is 1.87. The van der Waals surface area contributed by atoms with Crippen LogP contribution in [-0.2, 0) is 17.5 Å². The molecule has 0 saturated heterocycles. The van der Waals surface area contributed by atoms with Crippen molar-refractivity contribution in [3.05, 3.63) is 35.4 Å². The molecule has 0 amide bonds. The van der Waals surface area contributed by atoms with E-state index < -0.39 is 17.3 Å². The number of alkyl halides is 1. The van der Waals surface area contributed by atoms with Gasteiger partial charge in [-0.3, -0.25) is 0 Å². The van der Waals surface area contributed by atoms with Crippen LogP contribution in [0.5, 0.6) is 0 Å². The number of hydrogen-bond donors (Lipinski definition) is 2. The van der Waals surface area contributed by atoms with E-state index in [2.05, 4.69) is 17.4 Å². The van der Waals surface area contributed by atoms with E-state index in [4.69, 9.17) is 4.55 Å². The van der Waals surface area contributed by atoms with Crippen molar-refractivity contribution in [3.8, 4) is 0 Å². The van der Waals surface area contributed by atoms with E-state index in [1.54, 1.807) is 0 Å². The molecule has 1 aliphatic carbocycles. The summed E-state index contributed by atoms with van der Waals surface area (Å²) < 4.78 is 32.3. The molecule has 1 aromatic carbocycles. The van der Waals surface area contributed by atoms with Crippen molar-refractivity contribution < 1.29 is 13.2 Å². The summed E-state index contributed by atoms with van der Waals surface area (Å²) in [6, 6.07) is 8.31. The Labute approximate surface area is 103 Å². The zero-order valence-corrected chi connectivity index (χ0v) is 10.3. The maximum absolute atomic E-state index is 13.3. The van der Waals surface area contributed by atoms with Crippen LogP contribution < -0.4 is 5.32 Å².